The Morgan fingerprint density at radius 1 is 1.10 bits per heavy atom. The molecule has 0 radical (unpaired) electrons. The summed E-state index contributed by atoms with van der Waals surface area (Å²) >= 11 is 5.93. The van der Waals surface area contributed by atoms with Crippen LogP contribution in [0.3, 0.4) is 0 Å². The van der Waals surface area contributed by atoms with Crippen LogP contribution in [0, 0.1) is 6.92 Å². The number of rotatable bonds is 5. The molecule has 4 rings (SSSR count). The van der Waals surface area contributed by atoms with Gasteiger partial charge in [-0.25, -0.2) is 4.79 Å². The van der Waals surface area contributed by atoms with Crippen LogP contribution >= 0.6 is 11.6 Å². The Kier molecular flexibility index (Phi) is 6.21. The van der Waals surface area contributed by atoms with Gasteiger partial charge in [0.2, 0.25) is 0 Å². The largest absolute Gasteiger partial charge is 0.457 e. The number of nitrogens with zero attached hydrogens (tertiary/aromatic N) is 3. The Morgan fingerprint density at radius 2 is 1.87 bits per heavy atom. The number of carbonyl (C=O) groups is 1. The molecular weight excluding hydrogens is 402 g/mol. The second-order valence-electron chi connectivity index (χ2n) is 7.33. The molecule has 0 bridgehead atoms. The Hall–Kier alpha value is -3.03. The van der Waals surface area contributed by atoms with Crippen molar-refractivity contribution in [2.45, 2.75) is 13.5 Å². The molecule has 1 aromatic heterocycles. The summed E-state index contributed by atoms with van der Waals surface area (Å²) in [6.45, 7) is 5.69. The van der Waals surface area contributed by atoms with E-state index in [0.717, 1.165) is 36.8 Å². The minimum Gasteiger partial charge on any atom is -0.457 e. The second-order valence-corrected chi connectivity index (χ2v) is 7.77. The third kappa shape index (κ3) is 5.31. The van der Waals surface area contributed by atoms with Crippen molar-refractivity contribution in [2.24, 2.45) is 0 Å². The summed E-state index contributed by atoms with van der Waals surface area (Å²) in [5.41, 5.74) is 2.09. The van der Waals surface area contributed by atoms with Gasteiger partial charge in [0.1, 0.15) is 11.5 Å². The Bertz CT molecular complexity index is 997. The number of anilines is 1. The molecule has 0 spiro atoms. The van der Waals surface area contributed by atoms with Crippen LogP contribution in [0.1, 0.15) is 11.3 Å². The first kappa shape index (κ1) is 20.3. The number of aromatic nitrogens is 2. The van der Waals surface area contributed by atoms with Gasteiger partial charge in [-0.15, -0.1) is 0 Å². The average molecular weight is 426 g/mol. The van der Waals surface area contributed by atoms with Crippen LogP contribution in [-0.4, -0.2) is 52.2 Å². The van der Waals surface area contributed by atoms with E-state index in [2.05, 4.69) is 26.5 Å². The molecular formula is C22H24ClN5O2. The van der Waals surface area contributed by atoms with Gasteiger partial charge in [0.15, 0.2) is 5.82 Å². The maximum absolute atomic E-state index is 12.4. The van der Waals surface area contributed by atoms with E-state index < -0.39 is 0 Å². The molecule has 2 amide bonds. The van der Waals surface area contributed by atoms with Crippen LogP contribution in [0.15, 0.2) is 54.6 Å². The van der Waals surface area contributed by atoms with E-state index in [-0.39, 0.29) is 6.03 Å². The molecule has 8 heteroatoms. The van der Waals surface area contributed by atoms with E-state index in [9.17, 15) is 4.79 Å². The number of carbonyl (C=O) groups excluding carboxylic acids is 1. The molecule has 30 heavy (non-hydrogen) atoms. The highest BCUT2D eigenvalue weighted by Gasteiger charge is 2.21. The lowest BCUT2D eigenvalue weighted by atomic mass is 10.2. The zero-order chi connectivity index (χ0) is 20.9. The van der Waals surface area contributed by atoms with E-state index in [1.54, 1.807) is 0 Å². The number of aromatic amines is 1. The van der Waals surface area contributed by atoms with Crippen molar-refractivity contribution in [3.05, 3.63) is 70.9 Å². The van der Waals surface area contributed by atoms with Gasteiger partial charge in [-0.2, -0.15) is 5.10 Å². The fraction of sp³-hybridized carbons (Fsp3) is 0.273. The van der Waals surface area contributed by atoms with E-state index in [1.807, 2.05) is 60.4 Å². The minimum atomic E-state index is -0.112. The number of halogens is 1. The van der Waals surface area contributed by atoms with E-state index in [1.165, 1.54) is 5.56 Å². The van der Waals surface area contributed by atoms with Gasteiger partial charge in [-0.1, -0.05) is 23.7 Å². The Morgan fingerprint density at radius 3 is 2.57 bits per heavy atom. The van der Waals surface area contributed by atoms with Gasteiger partial charge in [0, 0.05) is 49.5 Å². The van der Waals surface area contributed by atoms with Crippen molar-refractivity contribution in [3.8, 4) is 11.5 Å². The van der Waals surface area contributed by atoms with Crippen LogP contribution in [-0.2, 0) is 6.54 Å². The monoisotopic (exact) mass is 425 g/mol. The van der Waals surface area contributed by atoms with Crippen molar-refractivity contribution >= 4 is 23.4 Å². The van der Waals surface area contributed by atoms with Crippen molar-refractivity contribution in [1.29, 1.82) is 0 Å². The predicted octanol–water partition coefficient (Wildman–Crippen LogP) is 4.51. The number of hydrogen-bond acceptors (Lipinski definition) is 4. The summed E-state index contributed by atoms with van der Waals surface area (Å²) in [5.74, 6) is 2.10. The second kappa shape index (κ2) is 9.19. The number of piperazine rings is 1. The SMILES string of the molecule is Cc1cc(NC(=O)N2CCN(Cc3cccc(Oc4ccc(Cl)cc4)c3)CC2)n[nH]1. The zero-order valence-electron chi connectivity index (χ0n) is 16.8. The molecule has 0 unspecified atom stereocenters. The maximum Gasteiger partial charge on any atom is 0.323 e. The molecule has 2 heterocycles. The minimum absolute atomic E-state index is 0.112. The molecule has 1 aliphatic heterocycles. The van der Waals surface area contributed by atoms with Crippen LogP contribution in [0.2, 0.25) is 5.02 Å². The zero-order valence-corrected chi connectivity index (χ0v) is 17.5. The molecule has 1 aliphatic rings. The molecule has 0 aliphatic carbocycles. The standard InChI is InChI=1S/C22H24ClN5O2/c1-16-13-21(26-25-16)24-22(29)28-11-9-27(10-12-28)15-17-3-2-4-20(14-17)30-19-7-5-18(23)6-8-19/h2-8,13-14H,9-12,15H2,1H3,(H2,24,25,26,29). The highest BCUT2D eigenvalue weighted by Crippen LogP contribution is 2.24. The van der Waals surface area contributed by atoms with Gasteiger partial charge in [-0.05, 0) is 48.9 Å². The molecule has 7 nitrogen and oxygen atoms in total. The molecule has 1 fully saturated rings. The number of aryl methyl sites for hydroxylation is 1. The van der Waals surface area contributed by atoms with Gasteiger partial charge in [0.25, 0.3) is 0 Å². The fourth-order valence-electron chi connectivity index (χ4n) is 3.38. The van der Waals surface area contributed by atoms with Crippen molar-refractivity contribution < 1.29 is 9.53 Å². The topological polar surface area (TPSA) is 73.5 Å². The summed E-state index contributed by atoms with van der Waals surface area (Å²) in [6.07, 6.45) is 0. The van der Waals surface area contributed by atoms with Gasteiger partial charge >= 0.3 is 6.03 Å². The maximum atomic E-state index is 12.4. The summed E-state index contributed by atoms with van der Waals surface area (Å²) < 4.78 is 5.92. The molecule has 2 aromatic carbocycles. The van der Waals surface area contributed by atoms with Crippen molar-refractivity contribution in [3.63, 3.8) is 0 Å². The third-order valence-corrected chi connectivity index (χ3v) is 5.21. The van der Waals surface area contributed by atoms with Crippen molar-refractivity contribution in [2.75, 3.05) is 31.5 Å². The van der Waals surface area contributed by atoms with Gasteiger partial charge in [0.05, 0.1) is 0 Å². The van der Waals surface area contributed by atoms with Crippen LogP contribution < -0.4 is 10.1 Å². The number of benzene rings is 2. The van der Waals surface area contributed by atoms with Crippen molar-refractivity contribution in [1.82, 2.24) is 20.0 Å². The van der Waals surface area contributed by atoms with Crippen LogP contribution in [0.4, 0.5) is 10.6 Å². The fourth-order valence-corrected chi connectivity index (χ4v) is 3.51. The van der Waals surface area contributed by atoms with E-state index in [4.69, 9.17) is 16.3 Å². The number of amides is 2. The van der Waals surface area contributed by atoms with Crippen LogP contribution in [0.25, 0.3) is 0 Å². The van der Waals surface area contributed by atoms with E-state index in [0.29, 0.717) is 23.9 Å². The highest BCUT2D eigenvalue weighted by molar-refractivity contribution is 6.30. The summed E-state index contributed by atoms with van der Waals surface area (Å²) in [5, 5.41) is 10.4. The summed E-state index contributed by atoms with van der Waals surface area (Å²) in [7, 11) is 0. The third-order valence-electron chi connectivity index (χ3n) is 4.95. The highest BCUT2D eigenvalue weighted by atomic mass is 35.5. The summed E-state index contributed by atoms with van der Waals surface area (Å²) in [4.78, 5) is 16.6. The predicted molar refractivity (Wildman–Crippen MR) is 117 cm³/mol. The molecule has 2 N–H and O–H groups in total. The molecule has 3 aromatic rings. The number of ether oxygens (including phenoxy) is 1. The number of H-pyrrole nitrogens is 1. The van der Waals surface area contributed by atoms with Gasteiger partial charge < -0.3 is 9.64 Å². The number of urea groups is 1. The molecule has 0 saturated carbocycles. The lowest BCUT2D eigenvalue weighted by Crippen LogP contribution is -2.49. The normalized spacial score (nSPS) is 14.5. The first-order valence-electron chi connectivity index (χ1n) is 9.88. The summed E-state index contributed by atoms with van der Waals surface area (Å²) in [6, 6.07) is 17.1. The lowest BCUT2D eigenvalue weighted by Gasteiger charge is -2.34. The smallest absolute Gasteiger partial charge is 0.323 e. The average Bonchev–Trinajstić information content (AvgIpc) is 3.15. The molecule has 1 saturated heterocycles. The van der Waals surface area contributed by atoms with Gasteiger partial charge in [-0.3, -0.25) is 15.3 Å². The number of hydrogen-bond donors (Lipinski definition) is 2. The lowest BCUT2D eigenvalue weighted by molar-refractivity contribution is 0.143. The molecule has 0 atom stereocenters. The van der Waals surface area contributed by atoms with E-state index >= 15 is 0 Å². The Labute approximate surface area is 180 Å². The first-order chi connectivity index (χ1) is 14.5. The number of nitrogens with one attached hydrogen (secondary N) is 2. The molecule has 156 valence electrons. The quantitative estimate of drug-likeness (QED) is 0.630. The Balaban J connectivity index is 1.28. The van der Waals surface area contributed by atoms with Crippen LogP contribution in [0.5, 0.6) is 11.5 Å². The first-order valence-corrected chi connectivity index (χ1v) is 10.3.